The van der Waals surface area contributed by atoms with Crippen LogP contribution < -0.4 is 20.3 Å². The van der Waals surface area contributed by atoms with Crippen LogP contribution in [0.5, 0.6) is 5.75 Å². The number of hydrogen-bond donors (Lipinski definition) is 2. The molecule has 0 spiro atoms. The lowest BCUT2D eigenvalue weighted by molar-refractivity contribution is 0.0950. The van der Waals surface area contributed by atoms with Crippen LogP contribution in [0.3, 0.4) is 0 Å². The Bertz CT molecular complexity index is 858. The zero-order valence-electron chi connectivity index (χ0n) is 17.3. The van der Waals surface area contributed by atoms with Gasteiger partial charge < -0.3 is 20.3 Å². The van der Waals surface area contributed by atoms with Gasteiger partial charge in [0.1, 0.15) is 5.75 Å². The fourth-order valence-electron chi connectivity index (χ4n) is 2.92. The molecule has 29 heavy (non-hydrogen) atoms. The van der Waals surface area contributed by atoms with Crippen LogP contribution in [-0.2, 0) is 0 Å². The number of anilines is 2. The molecule has 0 saturated heterocycles. The summed E-state index contributed by atoms with van der Waals surface area (Å²) < 4.78 is 5.63. The van der Waals surface area contributed by atoms with E-state index in [-0.39, 0.29) is 17.9 Å². The van der Waals surface area contributed by atoms with Crippen molar-refractivity contribution < 1.29 is 14.3 Å². The average molecular weight is 396 g/mol. The Balaban J connectivity index is 1.70. The fourth-order valence-corrected chi connectivity index (χ4v) is 2.92. The molecule has 0 radical (unpaired) electrons. The number of carbonyl (C=O) groups excluding carboxylic acids is 2. The topological polar surface area (TPSA) is 70.7 Å². The molecule has 2 N–H and O–H groups in total. The Labute approximate surface area is 172 Å². The minimum atomic E-state index is -0.226. The number of ether oxygens (including phenoxy) is 1. The van der Waals surface area contributed by atoms with Crippen molar-refractivity contribution in [2.24, 2.45) is 0 Å². The molecule has 6 nitrogen and oxygen atoms in total. The number of amides is 2. The molecule has 154 valence electrons. The molecule has 1 aliphatic carbocycles. The predicted molar refractivity (Wildman–Crippen MR) is 116 cm³/mol. The summed E-state index contributed by atoms with van der Waals surface area (Å²) in [5.74, 6) is 0.418. The summed E-state index contributed by atoms with van der Waals surface area (Å²) in [6.45, 7) is 2.79. The van der Waals surface area contributed by atoms with E-state index in [0.29, 0.717) is 23.4 Å². The van der Waals surface area contributed by atoms with E-state index in [9.17, 15) is 9.59 Å². The van der Waals surface area contributed by atoms with Crippen molar-refractivity contribution >= 4 is 23.2 Å². The Hall–Kier alpha value is -3.02. The van der Waals surface area contributed by atoms with E-state index < -0.39 is 0 Å². The first-order chi connectivity index (χ1) is 14.0. The third-order valence-corrected chi connectivity index (χ3v) is 4.78. The van der Waals surface area contributed by atoms with Crippen LogP contribution in [0.4, 0.5) is 11.4 Å². The molecule has 0 aliphatic heterocycles. The highest BCUT2D eigenvalue weighted by Gasteiger charge is 2.25. The maximum Gasteiger partial charge on any atom is 0.255 e. The standard InChI is InChI=1S/C23H29N3O3/c1-4-5-14-29-19-11-6-16(7-12-19)22(27)25-18-10-13-21(26(2)3)20(15-18)23(28)24-17-8-9-17/h6-7,10-13,15,17H,4-5,8-9,14H2,1-3H3,(H,24,28)(H,25,27). The molecule has 1 fully saturated rings. The van der Waals surface area contributed by atoms with Crippen molar-refractivity contribution in [1.29, 1.82) is 0 Å². The summed E-state index contributed by atoms with van der Waals surface area (Å²) >= 11 is 0. The van der Waals surface area contributed by atoms with Gasteiger partial charge in [-0.05, 0) is 61.7 Å². The van der Waals surface area contributed by atoms with Crippen LogP contribution in [0.25, 0.3) is 0 Å². The molecule has 0 aromatic heterocycles. The lowest BCUT2D eigenvalue weighted by atomic mass is 10.1. The fraction of sp³-hybridized carbons (Fsp3) is 0.391. The lowest BCUT2D eigenvalue weighted by Gasteiger charge is -2.18. The van der Waals surface area contributed by atoms with E-state index >= 15 is 0 Å². The molecule has 2 aromatic rings. The number of unbranched alkanes of at least 4 members (excludes halogenated alkanes) is 1. The highest BCUT2D eigenvalue weighted by Crippen LogP contribution is 2.26. The van der Waals surface area contributed by atoms with E-state index in [2.05, 4.69) is 17.6 Å². The molecule has 0 heterocycles. The van der Waals surface area contributed by atoms with E-state index in [1.807, 2.05) is 31.1 Å². The average Bonchev–Trinajstić information content (AvgIpc) is 3.52. The summed E-state index contributed by atoms with van der Waals surface area (Å²) in [5, 5.41) is 5.89. The van der Waals surface area contributed by atoms with Crippen molar-refractivity contribution in [3.05, 3.63) is 53.6 Å². The molecule has 6 heteroatoms. The van der Waals surface area contributed by atoms with Crippen molar-refractivity contribution in [2.45, 2.75) is 38.6 Å². The largest absolute Gasteiger partial charge is 0.494 e. The van der Waals surface area contributed by atoms with Gasteiger partial charge in [0, 0.05) is 37.1 Å². The van der Waals surface area contributed by atoms with Crippen LogP contribution in [0.15, 0.2) is 42.5 Å². The van der Waals surface area contributed by atoms with Gasteiger partial charge in [-0.2, -0.15) is 0 Å². The van der Waals surface area contributed by atoms with Gasteiger partial charge >= 0.3 is 0 Å². The number of nitrogens with one attached hydrogen (secondary N) is 2. The van der Waals surface area contributed by atoms with Crippen LogP contribution in [0.1, 0.15) is 53.3 Å². The van der Waals surface area contributed by atoms with Gasteiger partial charge in [0.2, 0.25) is 0 Å². The van der Waals surface area contributed by atoms with E-state index in [4.69, 9.17) is 4.74 Å². The summed E-state index contributed by atoms with van der Waals surface area (Å²) in [5.41, 5.74) is 2.49. The Kier molecular flexibility index (Phi) is 6.75. The second-order valence-electron chi connectivity index (χ2n) is 7.55. The normalized spacial score (nSPS) is 12.9. The van der Waals surface area contributed by atoms with Gasteiger partial charge in [-0.3, -0.25) is 9.59 Å². The molecule has 2 aromatic carbocycles. The molecule has 2 amide bonds. The van der Waals surface area contributed by atoms with E-state index in [0.717, 1.165) is 37.1 Å². The van der Waals surface area contributed by atoms with Gasteiger partial charge in [0.05, 0.1) is 12.2 Å². The third kappa shape index (κ3) is 5.73. The number of carbonyl (C=O) groups is 2. The molecule has 0 bridgehead atoms. The first-order valence-electron chi connectivity index (χ1n) is 10.1. The quantitative estimate of drug-likeness (QED) is 0.628. The first-order valence-corrected chi connectivity index (χ1v) is 10.1. The second kappa shape index (κ2) is 9.45. The first kappa shape index (κ1) is 20.7. The summed E-state index contributed by atoms with van der Waals surface area (Å²) in [6, 6.07) is 12.7. The summed E-state index contributed by atoms with van der Waals surface area (Å²) in [6.07, 6.45) is 4.13. The molecule has 1 saturated carbocycles. The SMILES string of the molecule is CCCCOc1ccc(C(=O)Nc2ccc(N(C)C)c(C(=O)NC3CC3)c2)cc1. The summed E-state index contributed by atoms with van der Waals surface area (Å²) in [7, 11) is 3.79. The number of rotatable bonds is 9. The maximum absolute atomic E-state index is 12.6. The monoisotopic (exact) mass is 395 g/mol. The van der Waals surface area contributed by atoms with Gasteiger partial charge in [0.15, 0.2) is 0 Å². The lowest BCUT2D eigenvalue weighted by Crippen LogP contribution is -2.27. The summed E-state index contributed by atoms with van der Waals surface area (Å²) in [4.78, 5) is 27.1. The van der Waals surface area contributed by atoms with Crippen LogP contribution in [0, 0.1) is 0 Å². The zero-order valence-corrected chi connectivity index (χ0v) is 17.3. The van der Waals surface area contributed by atoms with Crippen molar-refractivity contribution in [1.82, 2.24) is 5.32 Å². The smallest absolute Gasteiger partial charge is 0.255 e. The predicted octanol–water partition coefficient (Wildman–Crippen LogP) is 4.08. The number of benzene rings is 2. The Morgan fingerprint density at radius 3 is 2.41 bits per heavy atom. The van der Waals surface area contributed by atoms with Crippen molar-refractivity contribution in [3.63, 3.8) is 0 Å². The molecule has 1 aliphatic rings. The van der Waals surface area contributed by atoms with Gasteiger partial charge in [0.25, 0.3) is 11.8 Å². The second-order valence-corrected chi connectivity index (χ2v) is 7.55. The highest BCUT2D eigenvalue weighted by atomic mass is 16.5. The zero-order chi connectivity index (χ0) is 20.8. The van der Waals surface area contributed by atoms with E-state index in [1.165, 1.54) is 0 Å². The van der Waals surface area contributed by atoms with E-state index in [1.54, 1.807) is 30.3 Å². The van der Waals surface area contributed by atoms with Crippen LogP contribution >= 0.6 is 0 Å². The van der Waals surface area contributed by atoms with Gasteiger partial charge in [-0.15, -0.1) is 0 Å². The van der Waals surface area contributed by atoms with Crippen molar-refractivity contribution in [3.8, 4) is 5.75 Å². The molecule has 0 unspecified atom stereocenters. The molecule has 0 atom stereocenters. The Morgan fingerprint density at radius 1 is 1.07 bits per heavy atom. The van der Waals surface area contributed by atoms with Crippen molar-refractivity contribution in [2.75, 3.05) is 30.9 Å². The third-order valence-electron chi connectivity index (χ3n) is 4.78. The molecule has 3 rings (SSSR count). The number of hydrogen-bond acceptors (Lipinski definition) is 4. The minimum absolute atomic E-state index is 0.110. The molecular weight excluding hydrogens is 366 g/mol. The highest BCUT2D eigenvalue weighted by molar-refractivity contribution is 6.06. The van der Waals surface area contributed by atoms with Crippen LogP contribution in [-0.4, -0.2) is 38.6 Å². The maximum atomic E-state index is 12.6. The van der Waals surface area contributed by atoms with Gasteiger partial charge in [-0.25, -0.2) is 0 Å². The Morgan fingerprint density at radius 2 is 1.79 bits per heavy atom. The number of nitrogens with zero attached hydrogens (tertiary/aromatic N) is 1. The minimum Gasteiger partial charge on any atom is -0.494 e. The molecular formula is C23H29N3O3. The van der Waals surface area contributed by atoms with Gasteiger partial charge in [-0.1, -0.05) is 13.3 Å². The van der Waals surface area contributed by atoms with Crippen LogP contribution in [0.2, 0.25) is 0 Å².